The van der Waals surface area contributed by atoms with Crippen molar-refractivity contribution in [3.8, 4) is 39.5 Å². The molecular formula is C47H40GeIrN4O-2. The summed E-state index contributed by atoms with van der Waals surface area (Å²) in [6.45, 7) is 1.82. The molecule has 1 radical (unpaired) electrons. The van der Waals surface area contributed by atoms with Crippen molar-refractivity contribution in [2.24, 2.45) is 0 Å². The smallest absolute Gasteiger partial charge is 0 e. The van der Waals surface area contributed by atoms with E-state index in [0.29, 0.717) is 11.1 Å². The Morgan fingerprint density at radius 3 is 2.22 bits per heavy atom. The normalized spacial score (nSPS) is 12.4. The predicted molar refractivity (Wildman–Crippen MR) is 222 cm³/mol. The summed E-state index contributed by atoms with van der Waals surface area (Å²) in [5.41, 5.74) is 11.0. The predicted octanol–water partition coefficient (Wildman–Crippen LogP) is 11.5. The summed E-state index contributed by atoms with van der Waals surface area (Å²) in [6, 6.07) is 48.1. The van der Waals surface area contributed by atoms with Gasteiger partial charge in [-0.2, -0.15) is 0 Å². The topological polar surface area (TPSA) is 56.7 Å². The second kappa shape index (κ2) is 15.3. The third-order valence-electron chi connectivity index (χ3n) is 9.37. The molecule has 5 aromatic carbocycles. The molecule has 0 saturated carbocycles. The molecule has 54 heavy (non-hydrogen) atoms. The first-order chi connectivity index (χ1) is 26.8. The first-order valence-corrected chi connectivity index (χ1v) is 25.0. The van der Waals surface area contributed by atoms with E-state index in [9.17, 15) is 0 Å². The van der Waals surface area contributed by atoms with E-state index in [-0.39, 0.29) is 20.1 Å². The van der Waals surface area contributed by atoms with Gasteiger partial charge in [-0.15, -0.1) is 12.1 Å². The number of para-hydroxylation sites is 3. The van der Waals surface area contributed by atoms with E-state index < -0.39 is 20.1 Å². The quantitative estimate of drug-likeness (QED) is 0.127. The number of aryl methyl sites for hydroxylation is 3. The number of rotatable bonds is 5. The van der Waals surface area contributed by atoms with E-state index in [0.717, 1.165) is 78.2 Å². The zero-order valence-corrected chi connectivity index (χ0v) is 35.2. The molecule has 4 heterocycles. The molecule has 0 bridgehead atoms. The van der Waals surface area contributed by atoms with Crippen LogP contribution in [0.4, 0.5) is 0 Å². The first-order valence-electron chi connectivity index (χ1n) is 19.2. The molecule has 0 saturated heterocycles. The second-order valence-electron chi connectivity index (χ2n) is 14.3. The minimum atomic E-state index is -2.16. The van der Waals surface area contributed by atoms with Gasteiger partial charge in [-0.1, -0.05) is 76.9 Å². The average molecular weight is 945 g/mol. The number of imidazole rings is 1. The Bertz CT molecular complexity index is 2820. The number of hydrogen-bond donors (Lipinski definition) is 0. The Kier molecular flexibility index (Phi) is 9.48. The minimum Gasteiger partial charge on any atom is 0 e. The van der Waals surface area contributed by atoms with E-state index in [4.69, 9.17) is 13.5 Å². The van der Waals surface area contributed by atoms with Crippen molar-refractivity contribution in [1.29, 1.82) is 0 Å². The fraction of sp³-hybridized carbons (Fsp3) is 0.128. The van der Waals surface area contributed by atoms with Crippen molar-refractivity contribution >= 4 is 50.6 Å². The number of aromatic nitrogens is 4. The van der Waals surface area contributed by atoms with Crippen LogP contribution in [0, 0.1) is 32.8 Å². The van der Waals surface area contributed by atoms with Crippen molar-refractivity contribution in [2.75, 3.05) is 0 Å². The largest absolute Gasteiger partial charge is 0 e. The maximum Gasteiger partial charge on any atom is 0 e. The molecule has 0 unspecified atom stereocenters. The molecule has 5 nitrogen and oxygen atoms in total. The molecule has 269 valence electrons. The Morgan fingerprint density at radius 1 is 0.778 bits per heavy atom. The fourth-order valence-corrected chi connectivity index (χ4v) is 8.93. The molecule has 0 atom stereocenters. The maximum absolute atomic E-state index is 7.75. The van der Waals surface area contributed by atoms with Crippen LogP contribution in [-0.4, -0.2) is 32.8 Å². The van der Waals surface area contributed by atoms with Crippen LogP contribution in [0.3, 0.4) is 0 Å². The number of benzene rings is 5. The zero-order chi connectivity index (χ0) is 39.2. The van der Waals surface area contributed by atoms with Gasteiger partial charge in [0, 0.05) is 46.7 Å². The van der Waals surface area contributed by atoms with E-state index in [1.807, 2.05) is 105 Å². The van der Waals surface area contributed by atoms with Crippen molar-refractivity contribution in [3.05, 3.63) is 163 Å². The molecule has 7 heteroatoms. The fourth-order valence-electron chi connectivity index (χ4n) is 6.76. The van der Waals surface area contributed by atoms with Gasteiger partial charge in [0.1, 0.15) is 5.58 Å². The van der Waals surface area contributed by atoms with Gasteiger partial charge < -0.3 is 8.98 Å². The Labute approximate surface area is 337 Å². The van der Waals surface area contributed by atoms with E-state index in [1.54, 1.807) is 12.1 Å². The third kappa shape index (κ3) is 7.34. The van der Waals surface area contributed by atoms with Gasteiger partial charge in [-0.05, 0) is 56.4 Å². The number of hydrogen-bond acceptors (Lipinski definition) is 4. The Morgan fingerprint density at radius 2 is 1.52 bits per heavy atom. The Balaban J connectivity index is 0.000000246. The van der Waals surface area contributed by atoms with Crippen LogP contribution < -0.4 is 4.40 Å². The summed E-state index contributed by atoms with van der Waals surface area (Å²) >= 11 is -1.72. The summed E-state index contributed by atoms with van der Waals surface area (Å²) in [6.07, 6.45) is 2.04. The molecule has 0 N–H and O–H groups in total. The average Bonchev–Trinajstić information content (AvgIpc) is 3.77. The molecule has 9 rings (SSSR count). The van der Waals surface area contributed by atoms with Gasteiger partial charge in [-0.25, -0.2) is 0 Å². The first kappa shape index (κ1) is 33.4. The van der Waals surface area contributed by atoms with Gasteiger partial charge >= 0.3 is 99.8 Å². The Hall–Kier alpha value is -5.14. The van der Waals surface area contributed by atoms with Gasteiger partial charge in [-0.3, -0.25) is 9.97 Å². The monoisotopic (exact) mass is 946 g/mol. The molecule has 4 aromatic heterocycles. The summed E-state index contributed by atoms with van der Waals surface area (Å²) in [5.74, 6) is 7.86. The molecule has 0 fully saturated rings. The summed E-state index contributed by atoms with van der Waals surface area (Å²) < 4.78 is 33.4. The molecule has 0 spiro atoms. The molecule has 0 aliphatic heterocycles. The zero-order valence-electron chi connectivity index (χ0n) is 33.7. The maximum atomic E-state index is 7.75. The van der Waals surface area contributed by atoms with Crippen LogP contribution >= 0.6 is 0 Å². The molecular weight excluding hydrogens is 901 g/mol. The van der Waals surface area contributed by atoms with E-state index in [2.05, 4.69) is 74.3 Å². The number of fused-ring (bicyclic) bond motifs is 4. The molecule has 0 aliphatic rings. The standard InChI is InChI=1S/C33H24N3O.C14H16GeN.Ir/c1-20-12-14-23(15-13-20)25-16-17-27(32-31(25)26-8-4-7-11-30(26)37-32)33-35-28-9-5-6-10-29(28)36(33)24-18-21(2)34-22(3)19-24;1-15(2,3)13-9-10-14(16-11-13)12-7-5-4-6-8-12;/h4-16,18-19H,1-3H3;4-7,9-11H,1-3H3;/q2*-1;/i1D3;;. The van der Waals surface area contributed by atoms with Crippen LogP contribution in [0.15, 0.2) is 138 Å². The van der Waals surface area contributed by atoms with E-state index >= 15 is 0 Å². The van der Waals surface area contributed by atoms with Gasteiger partial charge in [0.2, 0.25) is 0 Å². The number of nitrogens with zero attached hydrogens (tertiary/aromatic N) is 4. The molecule has 0 amide bonds. The molecule has 0 aliphatic carbocycles. The summed E-state index contributed by atoms with van der Waals surface area (Å²) in [7, 11) is 0. The van der Waals surface area contributed by atoms with Crippen molar-refractivity contribution < 1.29 is 28.6 Å². The summed E-state index contributed by atoms with van der Waals surface area (Å²) in [5, 5.41) is 1.91. The SMILES string of the molecule is [2H]C([2H])([2H])c1ccc(-c2c[c-]c(-c3nc4ccccc4n3-c3cc(C)nc(C)c3)c3oc4ccccc4c23)cc1.[CH3][Ge]([CH3])([CH3])[c]1ccc(-c2[c-]cccc2)nc1.[Ir]. The van der Waals surface area contributed by atoms with Crippen molar-refractivity contribution in [3.63, 3.8) is 0 Å². The van der Waals surface area contributed by atoms with Crippen molar-refractivity contribution in [2.45, 2.75) is 38.0 Å². The van der Waals surface area contributed by atoms with Crippen molar-refractivity contribution in [1.82, 2.24) is 19.5 Å². The van der Waals surface area contributed by atoms with Gasteiger partial charge in [0.05, 0.1) is 22.4 Å². The van der Waals surface area contributed by atoms with Crippen LogP contribution in [0.1, 0.15) is 21.1 Å². The van der Waals surface area contributed by atoms with Crippen LogP contribution in [-0.2, 0) is 20.1 Å². The van der Waals surface area contributed by atoms with Crippen LogP contribution in [0.2, 0.25) is 17.3 Å². The van der Waals surface area contributed by atoms with Gasteiger partial charge in [0.15, 0.2) is 0 Å². The van der Waals surface area contributed by atoms with Gasteiger partial charge in [0.25, 0.3) is 0 Å². The minimum absolute atomic E-state index is 0. The number of furan rings is 1. The molecule has 9 aromatic rings. The summed E-state index contributed by atoms with van der Waals surface area (Å²) in [4.78, 5) is 14.2. The second-order valence-corrected chi connectivity index (χ2v) is 24.9. The van der Waals surface area contributed by atoms with Crippen LogP contribution in [0.5, 0.6) is 0 Å². The van der Waals surface area contributed by atoms with Crippen LogP contribution in [0.25, 0.3) is 72.4 Å². The number of pyridine rings is 2. The van der Waals surface area contributed by atoms with E-state index in [1.165, 1.54) is 4.40 Å². The third-order valence-corrected chi connectivity index (χ3v) is 13.6.